The maximum atomic E-state index is 12.6. The number of ether oxygens (including phenoxy) is 1. The third-order valence-corrected chi connectivity index (χ3v) is 5.92. The molecule has 3 rings (SSSR count). The number of benzene rings is 1. The summed E-state index contributed by atoms with van der Waals surface area (Å²) in [4.78, 5) is 34.6. The van der Waals surface area contributed by atoms with E-state index in [1.807, 2.05) is 25.1 Å². The molecule has 0 saturated carbocycles. The van der Waals surface area contributed by atoms with Crippen molar-refractivity contribution in [3.8, 4) is 0 Å². The normalized spacial score (nSPS) is 13.5. The zero-order chi connectivity index (χ0) is 19.6. The average molecular weight is 386 g/mol. The lowest BCUT2D eigenvalue weighted by Crippen LogP contribution is -3.07. The van der Waals surface area contributed by atoms with E-state index in [0.29, 0.717) is 33.1 Å². The molecule has 142 valence electrons. The highest BCUT2D eigenvalue weighted by Crippen LogP contribution is 2.28. The Kier molecular flexibility index (Phi) is 5.72. The molecule has 1 unspecified atom stereocenters. The Bertz CT molecular complexity index is 1010. The summed E-state index contributed by atoms with van der Waals surface area (Å²) >= 11 is 1.22. The maximum absolute atomic E-state index is 12.6. The Morgan fingerprint density at radius 2 is 2.04 bits per heavy atom. The molecule has 1 aromatic carbocycles. The maximum Gasteiger partial charge on any atom is 0.348 e. The average Bonchev–Trinajstić information content (AvgIpc) is 2.99. The van der Waals surface area contributed by atoms with Gasteiger partial charge in [-0.3, -0.25) is 4.79 Å². The van der Waals surface area contributed by atoms with Gasteiger partial charge in [0.15, 0.2) is 5.82 Å². The second-order valence-corrected chi connectivity index (χ2v) is 7.64. The van der Waals surface area contributed by atoms with E-state index in [-0.39, 0.29) is 11.6 Å². The summed E-state index contributed by atoms with van der Waals surface area (Å²) < 4.78 is 5.09. The summed E-state index contributed by atoms with van der Waals surface area (Å²) in [5.74, 6) is 0.219. The third kappa shape index (κ3) is 3.94. The third-order valence-electron chi connectivity index (χ3n) is 4.75. The van der Waals surface area contributed by atoms with Gasteiger partial charge < -0.3 is 14.6 Å². The van der Waals surface area contributed by atoms with Gasteiger partial charge in [-0.15, -0.1) is 11.3 Å². The number of hydrogen-bond donors (Lipinski definition) is 2. The summed E-state index contributed by atoms with van der Waals surface area (Å²) in [5.41, 5.74) is 1.65. The smallest absolute Gasteiger partial charge is 0.348 e. The van der Waals surface area contributed by atoms with Crippen LogP contribution < -0.4 is 10.5 Å². The van der Waals surface area contributed by atoms with Gasteiger partial charge in [0.25, 0.3) is 5.56 Å². The van der Waals surface area contributed by atoms with E-state index in [9.17, 15) is 9.59 Å². The molecule has 2 N–H and O–H groups in total. The zero-order valence-electron chi connectivity index (χ0n) is 16.0. The first kappa shape index (κ1) is 19.3. The summed E-state index contributed by atoms with van der Waals surface area (Å²) in [7, 11) is 2.07. The molecule has 0 radical (unpaired) electrons. The molecule has 6 nitrogen and oxygen atoms in total. The van der Waals surface area contributed by atoms with E-state index >= 15 is 0 Å². The van der Waals surface area contributed by atoms with Gasteiger partial charge in [0, 0.05) is 5.56 Å². The van der Waals surface area contributed by atoms with Gasteiger partial charge in [0.2, 0.25) is 0 Å². The zero-order valence-corrected chi connectivity index (χ0v) is 16.8. The minimum Gasteiger partial charge on any atom is -0.462 e. The summed E-state index contributed by atoms with van der Waals surface area (Å²) in [6, 6.07) is 10.2. The number of esters is 1. The molecule has 7 heteroatoms. The number of aryl methyl sites for hydroxylation is 1. The molecular weight excluding hydrogens is 362 g/mol. The van der Waals surface area contributed by atoms with Crippen molar-refractivity contribution in [2.24, 2.45) is 0 Å². The lowest BCUT2D eigenvalue weighted by molar-refractivity contribution is -0.924. The molecule has 2 aromatic heterocycles. The van der Waals surface area contributed by atoms with E-state index in [1.165, 1.54) is 21.8 Å². The van der Waals surface area contributed by atoms with Gasteiger partial charge in [-0.05, 0) is 26.3 Å². The first-order valence-electron chi connectivity index (χ1n) is 8.99. The number of aromatic nitrogens is 2. The Hall–Kier alpha value is -2.51. The molecular formula is C20H24N3O3S+. The minimum atomic E-state index is -0.404. The molecule has 2 heterocycles. The minimum absolute atomic E-state index is 0.00393. The van der Waals surface area contributed by atoms with Gasteiger partial charge >= 0.3 is 5.97 Å². The van der Waals surface area contributed by atoms with Gasteiger partial charge in [0.1, 0.15) is 22.3 Å². The molecule has 27 heavy (non-hydrogen) atoms. The summed E-state index contributed by atoms with van der Waals surface area (Å²) in [6.45, 7) is 6.68. The van der Waals surface area contributed by atoms with Crippen molar-refractivity contribution in [1.29, 1.82) is 0 Å². The number of carbonyl (C=O) groups is 1. The van der Waals surface area contributed by atoms with Crippen molar-refractivity contribution in [2.75, 3.05) is 13.7 Å². The van der Waals surface area contributed by atoms with Crippen molar-refractivity contribution in [1.82, 2.24) is 9.97 Å². The molecule has 0 spiro atoms. The number of hydrogen-bond acceptors (Lipinski definition) is 5. The predicted molar refractivity (Wildman–Crippen MR) is 106 cm³/mol. The van der Waals surface area contributed by atoms with Gasteiger partial charge in [-0.25, -0.2) is 9.78 Å². The fourth-order valence-electron chi connectivity index (χ4n) is 3.06. The molecule has 0 amide bonds. The second kappa shape index (κ2) is 8.02. The number of rotatable bonds is 6. The van der Waals surface area contributed by atoms with Crippen LogP contribution in [-0.4, -0.2) is 29.6 Å². The number of fused-ring (bicyclic) bond motifs is 1. The molecule has 2 atom stereocenters. The summed E-state index contributed by atoms with van der Waals surface area (Å²) in [5, 5.41) is 0.472. The molecule has 0 bridgehead atoms. The monoisotopic (exact) mass is 386 g/mol. The number of aromatic amines is 1. The van der Waals surface area contributed by atoms with Crippen LogP contribution in [0.2, 0.25) is 0 Å². The van der Waals surface area contributed by atoms with Crippen molar-refractivity contribution in [3.05, 3.63) is 62.5 Å². The molecule has 3 aromatic rings. The number of carbonyl (C=O) groups excluding carboxylic acids is 1. The quantitative estimate of drug-likeness (QED) is 0.637. The van der Waals surface area contributed by atoms with Crippen molar-refractivity contribution < 1.29 is 14.4 Å². The van der Waals surface area contributed by atoms with Crippen LogP contribution in [0, 0.1) is 6.92 Å². The van der Waals surface area contributed by atoms with Crippen LogP contribution in [0.25, 0.3) is 10.2 Å². The Labute approximate surface area is 161 Å². The van der Waals surface area contributed by atoms with E-state index < -0.39 is 5.97 Å². The van der Waals surface area contributed by atoms with Crippen LogP contribution in [0.3, 0.4) is 0 Å². The molecule has 0 fully saturated rings. The number of quaternary nitrogens is 1. The highest BCUT2D eigenvalue weighted by molar-refractivity contribution is 7.20. The lowest BCUT2D eigenvalue weighted by Gasteiger charge is -2.21. The van der Waals surface area contributed by atoms with Crippen molar-refractivity contribution in [2.45, 2.75) is 33.4 Å². The van der Waals surface area contributed by atoms with Crippen LogP contribution in [-0.2, 0) is 11.3 Å². The van der Waals surface area contributed by atoms with E-state index in [0.717, 1.165) is 6.54 Å². The van der Waals surface area contributed by atoms with Crippen LogP contribution in [0.15, 0.2) is 35.1 Å². The number of thiophene rings is 1. The number of nitrogens with zero attached hydrogens (tertiary/aromatic N) is 1. The fourth-order valence-corrected chi connectivity index (χ4v) is 4.14. The fraction of sp³-hybridized carbons (Fsp3) is 0.350. The van der Waals surface area contributed by atoms with Crippen LogP contribution in [0.1, 0.15) is 46.5 Å². The standard InChI is InChI=1S/C20H23N3O3S/c1-5-26-20(25)16-12(2)15-18(24)21-17(22-19(15)27-16)13(3)23(4)11-14-9-7-6-8-10-14/h6-10,13H,5,11H2,1-4H3,(H,21,22,24)/p+1/t13-/m1/s1. The Balaban J connectivity index is 1.93. The van der Waals surface area contributed by atoms with Gasteiger partial charge in [-0.2, -0.15) is 0 Å². The van der Waals surface area contributed by atoms with Crippen LogP contribution in [0.5, 0.6) is 0 Å². The topological polar surface area (TPSA) is 76.5 Å². The number of nitrogens with one attached hydrogen (secondary N) is 2. The van der Waals surface area contributed by atoms with E-state index in [2.05, 4.69) is 29.1 Å². The van der Waals surface area contributed by atoms with Crippen molar-refractivity contribution >= 4 is 27.5 Å². The van der Waals surface area contributed by atoms with Crippen LogP contribution >= 0.6 is 11.3 Å². The second-order valence-electron chi connectivity index (χ2n) is 6.64. The summed E-state index contributed by atoms with van der Waals surface area (Å²) in [6.07, 6.45) is 0. The Morgan fingerprint density at radius 3 is 2.70 bits per heavy atom. The molecule has 0 saturated heterocycles. The first-order chi connectivity index (χ1) is 12.9. The van der Waals surface area contributed by atoms with Gasteiger partial charge in [-0.1, -0.05) is 30.3 Å². The Morgan fingerprint density at radius 1 is 1.33 bits per heavy atom. The van der Waals surface area contributed by atoms with Crippen LogP contribution in [0.4, 0.5) is 0 Å². The largest absolute Gasteiger partial charge is 0.462 e. The molecule has 0 aliphatic carbocycles. The van der Waals surface area contributed by atoms with Gasteiger partial charge in [0.05, 0.1) is 19.0 Å². The van der Waals surface area contributed by atoms with E-state index in [1.54, 1.807) is 13.8 Å². The predicted octanol–water partition coefficient (Wildman–Crippen LogP) is 2.25. The molecule has 0 aliphatic rings. The molecule has 0 aliphatic heterocycles. The van der Waals surface area contributed by atoms with E-state index in [4.69, 9.17) is 4.74 Å². The highest BCUT2D eigenvalue weighted by Gasteiger charge is 2.23. The highest BCUT2D eigenvalue weighted by atomic mass is 32.1. The first-order valence-corrected chi connectivity index (χ1v) is 9.80. The number of H-pyrrole nitrogens is 1. The lowest BCUT2D eigenvalue weighted by atomic mass is 10.2. The SMILES string of the molecule is CCOC(=O)c1sc2nc([C@@H](C)[NH+](C)Cc3ccccc3)[nH]c(=O)c2c1C. The van der Waals surface area contributed by atoms with Crippen molar-refractivity contribution in [3.63, 3.8) is 0 Å².